The van der Waals surface area contributed by atoms with E-state index in [2.05, 4.69) is 20.6 Å². The fourth-order valence-electron chi connectivity index (χ4n) is 1.87. The van der Waals surface area contributed by atoms with Crippen LogP contribution in [0.1, 0.15) is 17.4 Å². The first-order valence-corrected chi connectivity index (χ1v) is 7.46. The third kappa shape index (κ3) is 3.35. The predicted molar refractivity (Wildman–Crippen MR) is 85.6 cm³/mol. The summed E-state index contributed by atoms with van der Waals surface area (Å²) in [5, 5.41) is 15.1. The Hall–Kier alpha value is -2.38. The second kappa shape index (κ2) is 6.39. The Bertz CT molecular complexity index is 858. The molecule has 0 saturated heterocycles. The molecular weight excluding hydrogens is 341 g/mol. The largest absolute Gasteiger partial charge is 0.403 e. The summed E-state index contributed by atoms with van der Waals surface area (Å²) < 4.78 is 7.04. The van der Waals surface area contributed by atoms with Crippen molar-refractivity contribution in [2.45, 2.75) is 13.5 Å². The van der Waals surface area contributed by atoms with Crippen LogP contribution >= 0.6 is 23.2 Å². The summed E-state index contributed by atoms with van der Waals surface area (Å²) in [5.74, 6) is -0.254. The number of aryl methyl sites for hydroxylation is 1. The first-order chi connectivity index (χ1) is 11.1. The zero-order chi connectivity index (χ0) is 16.4. The molecule has 118 valence electrons. The molecule has 23 heavy (non-hydrogen) atoms. The Morgan fingerprint density at radius 2 is 2.13 bits per heavy atom. The van der Waals surface area contributed by atoms with Gasteiger partial charge in [-0.1, -0.05) is 28.3 Å². The van der Waals surface area contributed by atoms with E-state index in [4.69, 9.17) is 27.6 Å². The van der Waals surface area contributed by atoms with Gasteiger partial charge in [0.15, 0.2) is 5.69 Å². The van der Waals surface area contributed by atoms with Crippen LogP contribution in [0.5, 0.6) is 0 Å². The van der Waals surface area contributed by atoms with Crippen LogP contribution in [0.4, 0.5) is 6.01 Å². The maximum Gasteiger partial charge on any atom is 0.322 e. The van der Waals surface area contributed by atoms with Crippen LogP contribution in [-0.2, 0) is 6.54 Å². The smallest absolute Gasteiger partial charge is 0.322 e. The first-order valence-electron chi connectivity index (χ1n) is 6.70. The summed E-state index contributed by atoms with van der Waals surface area (Å²) in [6.07, 6.45) is 1.71. The predicted octanol–water partition coefficient (Wildman–Crippen LogP) is 3.51. The highest BCUT2D eigenvalue weighted by Crippen LogP contribution is 2.30. The molecule has 2 aromatic heterocycles. The van der Waals surface area contributed by atoms with Crippen molar-refractivity contribution in [2.24, 2.45) is 0 Å². The Kier molecular flexibility index (Phi) is 4.31. The van der Waals surface area contributed by atoms with Gasteiger partial charge in [0.05, 0.1) is 10.6 Å². The quantitative estimate of drug-likeness (QED) is 0.777. The van der Waals surface area contributed by atoms with Crippen LogP contribution in [0.2, 0.25) is 10.0 Å². The second-order valence-corrected chi connectivity index (χ2v) is 5.39. The number of hydrogen-bond donors (Lipinski definition) is 1. The van der Waals surface area contributed by atoms with Crippen LogP contribution in [0.3, 0.4) is 0 Å². The van der Waals surface area contributed by atoms with Crippen molar-refractivity contribution in [3.05, 3.63) is 46.2 Å². The van der Waals surface area contributed by atoms with Gasteiger partial charge in [-0.25, -0.2) is 0 Å². The topological polar surface area (TPSA) is 85.8 Å². The van der Waals surface area contributed by atoms with Crippen molar-refractivity contribution in [3.8, 4) is 11.5 Å². The van der Waals surface area contributed by atoms with Gasteiger partial charge in [0, 0.05) is 17.8 Å². The zero-order valence-electron chi connectivity index (χ0n) is 12.0. The molecule has 1 amide bonds. The molecule has 1 aromatic carbocycles. The number of nitrogens with one attached hydrogen (secondary N) is 1. The number of aromatic nitrogens is 4. The number of anilines is 1. The van der Waals surface area contributed by atoms with Gasteiger partial charge < -0.3 is 4.42 Å². The SMILES string of the molecule is CCn1ccc(C(=O)Nc2nnc(-c3ccc(Cl)cc3Cl)o2)n1. The number of halogens is 2. The Balaban J connectivity index is 1.78. The molecule has 0 aliphatic heterocycles. The fraction of sp³-hybridized carbons (Fsp3) is 0.143. The van der Waals surface area contributed by atoms with E-state index in [1.165, 1.54) is 0 Å². The normalized spacial score (nSPS) is 10.7. The summed E-state index contributed by atoms with van der Waals surface area (Å²) >= 11 is 11.9. The standard InChI is InChI=1S/C14H11Cl2N5O2/c1-2-21-6-5-11(20-21)12(22)17-14-19-18-13(23-14)9-4-3-8(15)7-10(9)16/h3-7H,2H2,1H3,(H,17,19,22). The van der Waals surface area contributed by atoms with Crippen molar-refractivity contribution < 1.29 is 9.21 Å². The highest BCUT2D eigenvalue weighted by Gasteiger charge is 2.16. The van der Waals surface area contributed by atoms with Crippen LogP contribution in [0.15, 0.2) is 34.9 Å². The summed E-state index contributed by atoms with van der Waals surface area (Å²) in [4.78, 5) is 12.0. The molecule has 3 rings (SSSR count). The van der Waals surface area contributed by atoms with Crippen molar-refractivity contribution in [1.29, 1.82) is 0 Å². The molecular formula is C14H11Cl2N5O2. The minimum atomic E-state index is -0.436. The number of hydrogen-bond acceptors (Lipinski definition) is 5. The van der Waals surface area contributed by atoms with E-state index < -0.39 is 5.91 Å². The lowest BCUT2D eigenvalue weighted by atomic mass is 10.2. The number of amides is 1. The van der Waals surface area contributed by atoms with E-state index in [0.29, 0.717) is 22.2 Å². The monoisotopic (exact) mass is 351 g/mol. The van der Waals surface area contributed by atoms with Gasteiger partial charge in [0.1, 0.15) is 0 Å². The van der Waals surface area contributed by atoms with E-state index in [0.717, 1.165) is 0 Å². The lowest BCUT2D eigenvalue weighted by Gasteiger charge is -1.99. The lowest BCUT2D eigenvalue weighted by Crippen LogP contribution is -2.13. The highest BCUT2D eigenvalue weighted by molar-refractivity contribution is 6.36. The molecule has 0 atom stereocenters. The lowest BCUT2D eigenvalue weighted by molar-refractivity contribution is 0.101. The first kappa shape index (κ1) is 15.5. The summed E-state index contributed by atoms with van der Waals surface area (Å²) in [5.41, 5.74) is 0.787. The molecule has 0 saturated carbocycles. The van der Waals surface area contributed by atoms with Crippen molar-refractivity contribution in [1.82, 2.24) is 20.0 Å². The van der Waals surface area contributed by atoms with Crippen LogP contribution < -0.4 is 5.32 Å². The maximum absolute atomic E-state index is 12.0. The van der Waals surface area contributed by atoms with Crippen molar-refractivity contribution >= 4 is 35.1 Å². The van der Waals surface area contributed by atoms with Gasteiger partial charge in [-0.3, -0.25) is 14.8 Å². The van der Waals surface area contributed by atoms with E-state index in [9.17, 15) is 4.79 Å². The van der Waals surface area contributed by atoms with Gasteiger partial charge in [-0.2, -0.15) is 5.10 Å². The maximum atomic E-state index is 12.0. The summed E-state index contributed by atoms with van der Waals surface area (Å²) in [7, 11) is 0. The third-order valence-corrected chi connectivity index (χ3v) is 3.55. The van der Waals surface area contributed by atoms with Gasteiger partial charge >= 0.3 is 6.01 Å². The van der Waals surface area contributed by atoms with Gasteiger partial charge in [-0.15, -0.1) is 5.10 Å². The van der Waals surface area contributed by atoms with Crippen molar-refractivity contribution in [3.63, 3.8) is 0 Å². The molecule has 0 spiro atoms. The van der Waals surface area contributed by atoms with E-state index in [1.807, 2.05) is 6.92 Å². The number of carbonyl (C=O) groups excluding carboxylic acids is 1. The molecule has 0 fully saturated rings. The Morgan fingerprint density at radius 3 is 2.83 bits per heavy atom. The summed E-state index contributed by atoms with van der Waals surface area (Å²) in [6.45, 7) is 2.60. The van der Waals surface area contributed by atoms with E-state index >= 15 is 0 Å². The highest BCUT2D eigenvalue weighted by atomic mass is 35.5. The van der Waals surface area contributed by atoms with Crippen LogP contribution in [0.25, 0.3) is 11.5 Å². The number of benzene rings is 1. The van der Waals surface area contributed by atoms with Gasteiger partial charge in [-0.05, 0) is 31.2 Å². The average molecular weight is 352 g/mol. The van der Waals surface area contributed by atoms with Gasteiger partial charge in [0.2, 0.25) is 0 Å². The van der Waals surface area contributed by atoms with Crippen LogP contribution in [-0.4, -0.2) is 25.9 Å². The Labute approximate surface area is 141 Å². The van der Waals surface area contributed by atoms with Crippen LogP contribution in [0, 0.1) is 0 Å². The molecule has 0 aliphatic rings. The third-order valence-electron chi connectivity index (χ3n) is 3.00. The Morgan fingerprint density at radius 1 is 1.30 bits per heavy atom. The summed E-state index contributed by atoms with van der Waals surface area (Å²) in [6, 6.07) is 6.45. The van der Waals surface area contributed by atoms with Crippen molar-refractivity contribution in [2.75, 3.05) is 5.32 Å². The average Bonchev–Trinajstić information content (AvgIpc) is 3.16. The fourth-order valence-corrected chi connectivity index (χ4v) is 2.35. The number of nitrogens with zero attached hydrogens (tertiary/aromatic N) is 4. The molecule has 7 nitrogen and oxygen atoms in total. The van der Waals surface area contributed by atoms with E-state index in [-0.39, 0.29) is 17.6 Å². The molecule has 0 radical (unpaired) electrons. The zero-order valence-corrected chi connectivity index (χ0v) is 13.5. The molecule has 3 aromatic rings. The molecule has 0 unspecified atom stereocenters. The van der Waals surface area contributed by atoms with Gasteiger partial charge in [0.25, 0.3) is 11.8 Å². The molecule has 0 aliphatic carbocycles. The second-order valence-electron chi connectivity index (χ2n) is 4.55. The number of carbonyl (C=O) groups is 1. The molecule has 0 bridgehead atoms. The molecule has 2 heterocycles. The van der Waals surface area contributed by atoms with E-state index in [1.54, 1.807) is 35.1 Å². The molecule has 9 heteroatoms. The minimum Gasteiger partial charge on any atom is -0.403 e. The minimum absolute atomic E-state index is 0.0398. The number of rotatable bonds is 4. The molecule has 1 N–H and O–H groups in total.